The van der Waals surface area contributed by atoms with Gasteiger partial charge in [0.1, 0.15) is 5.75 Å². The highest BCUT2D eigenvalue weighted by molar-refractivity contribution is 6.11. The number of ether oxygens (including phenoxy) is 2. The summed E-state index contributed by atoms with van der Waals surface area (Å²) in [6.45, 7) is 2.03. The van der Waals surface area contributed by atoms with Crippen LogP contribution in [-0.4, -0.2) is 29.9 Å². The highest BCUT2D eigenvalue weighted by Crippen LogP contribution is 2.24. The lowest BCUT2D eigenvalue weighted by Crippen LogP contribution is -2.05. The molecule has 31 heavy (non-hydrogen) atoms. The molecule has 0 atom stereocenters. The Labute approximate surface area is 180 Å². The predicted octanol–water partition coefficient (Wildman–Crippen LogP) is 4.95. The first-order valence-electron chi connectivity index (χ1n) is 10.1. The molecule has 5 nitrogen and oxygen atoms in total. The van der Waals surface area contributed by atoms with Gasteiger partial charge in [0.2, 0.25) is 5.78 Å². The summed E-state index contributed by atoms with van der Waals surface area (Å²) < 4.78 is 12.2. The summed E-state index contributed by atoms with van der Waals surface area (Å²) in [7, 11) is 1.56. The molecule has 0 amide bonds. The largest absolute Gasteiger partial charge is 0.497 e. The van der Waals surface area contributed by atoms with E-state index in [0.717, 1.165) is 12.0 Å². The lowest BCUT2D eigenvalue weighted by atomic mass is 10.1. The number of hydrogen-bond acceptors (Lipinski definition) is 4. The molecule has 0 N–H and O–H groups in total. The van der Waals surface area contributed by atoms with Crippen molar-refractivity contribution in [2.75, 3.05) is 13.7 Å². The van der Waals surface area contributed by atoms with Crippen molar-refractivity contribution in [3.63, 3.8) is 0 Å². The Hall–Kier alpha value is -3.86. The number of benzene rings is 2. The van der Waals surface area contributed by atoms with Crippen LogP contribution in [0, 0.1) is 0 Å². The van der Waals surface area contributed by atoms with Crippen molar-refractivity contribution < 1.29 is 19.1 Å². The zero-order valence-electron chi connectivity index (χ0n) is 17.5. The molecule has 0 bridgehead atoms. The number of pyridine rings is 1. The number of esters is 1. The summed E-state index contributed by atoms with van der Waals surface area (Å²) in [5.74, 6) is -0.0377. The van der Waals surface area contributed by atoms with Gasteiger partial charge in [-0.2, -0.15) is 0 Å². The topological polar surface area (TPSA) is 57.0 Å². The Balaban J connectivity index is 1.80. The van der Waals surface area contributed by atoms with Crippen LogP contribution in [0.25, 0.3) is 5.52 Å². The third kappa shape index (κ3) is 4.21. The van der Waals surface area contributed by atoms with Crippen molar-refractivity contribution in [3.05, 3.63) is 107 Å². The SMILES string of the molecule is CCOC(=O)c1cc(C(=O)c2cccc(OC)c2)n2ccc(Cc3ccccc3)cc12. The molecule has 0 aliphatic carbocycles. The van der Waals surface area contributed by atoms with Crippen molar-refractivity contribution in [1.29, 1.82) is 0 Å². The fourth-order valence-electron chi connectivity index (χ4n) is 3.64. The molecule has 0 unspecified atom stereocenters. The third-order valence-corrected chi connectivity index (χ3v) is 5.15. The van der Waals surface area contributed by atoms with Crippen LogP contribution in [0.4, 0.5) is 0 Å². The van der Waals surface area contributed by atoms with Gasteiger partial charge in [-0.25, -0.2) is 4.79 Å². The average Bonchev–Trinajstić information content (AvgIpc) is 3.18. The van der Waals surface area contributed by atoms with E-state index < -0.39 is 5.97 Å². The summed E-state index contributed by atoms with van der Waals surface area (Å²) in [5.41, 5.74) is 4.13. The number of ketones is 1. The van der Waals surface area contributed by atoms with Gasteiger partial charge in [-0.15, -0.1) is 0 Å². The van der Waals surface area contributed by atoms with Gasteiger partial charge in [0.05, 0.1) is 30.5 Å². The van der Waals surface area contributed by atoms with Gasteiger partial charge >= 0.3 is 5.97 Å². The number of fused-ring (bicyclic) bond motifs is 1. The average molecular weight is 413 g/mol. The van der Waals surface area contributed by atoms with E-state index in [-0.39, 0.29) is 12.4 Å². The Morgan fingerprint density at radius 3 is 2.45 bits per heavy atom. The van der Waals surface area contributed by atoms with E-state index >= 15 is 0 Å². The minimum absolute atomic E-state index is 0.194. The molecule has 156 valence electrons. The van der Waals surface area contributed by atoms with Crippen molar-refractivity contribution in [1.82, 2.24) is 4.40 Å². The Bertz CT molecular complexity index is 1240. The van der Waals surface area contributed by atoms with E-state index in [1.165, 1.54) is 5.56 Å². The number of carbonyl (C=O) groups excluding carboxylic acids is 2. The van der Waals surface area contributed by atoms with E-state index in [1.807, 2.05) is 36.5 Å². The quantitative estimate of drug-likeness (QED) is 0.318. The van der Waals surface area contributed by atoms with E-state index in [4.69, 9.17) is 9.47 Å². The summed E-state index contributed by atoms with van der Waals surface area (Å²) >= 11 is 0. The van der Waals surface area contributed by atoms with Crippen LogP contribution < -0.4 is 4.74 Å². The minimum Gasteiger partial charge on any atom is -0.497 e. The van der Waals surface area contributed by atoms with Gasteiger partial charge in [0.25, 0.3) is 0 Å². The van der Waals surface area contributed by atoms with E-state index in [2.05, 4.69) is 12.1 Å². The monoisotopic (exact) mass is 413 g/mol. The molecule has 5 heteroatoms. The Morgan fingerprint density at radius 2 is 1.71 bits per heavy atom. The number of aromatic nitrogens is 1. The molecule has 2 heterocycles. The molecule has 4 rings (SSSR count). The maximum Gasteiger partial charge on any atom is 0.340 e. The van der Waals surface area contributed by atoms with Crippen molar-refractivity contribution in [2.24, 2.45) is 0 Å². The second-order valence-electron chi connectivity index (χ2n) is 7.18. The fourth-order valence-corrected chi connectivity index (χ4v) is 3.64. The lowest BCUT2D eigenvalue weighted by Gasteiger charge is -2.07. The highest BCUT2D eigenvalue weighted by atomic mass is 16.5. The molecule has 0 saturated heterocycles. The van der Waals surface area contributed by atoms with Crippen LogP contribution in [0.5, 0.6) is 5.75 Å². The Morgan fingerprint density at radius 1 is 0.903 bits per heavy atom. The zero-order valence-corrected chi connectivity index (χ0v) is 17.5. The smallest absolute Gasteiger partial charge is 0.340 e. The molecule has 0 radical (unpaired) electrons. The second-order valence-corrected chi connectivity index (χ2v) is 7.18. The first-order valence-corrected chi connectivity index (χ1v) is 10.1. The molecule has 0 aliphatic heterocycles. The molecule has 4 aromatic rings. The van der Waals surface area contributed by atoms with Gasteiger partial charge in [-0.1, -0.05) is 42.5 Å². The normalized spacial score (nSPS) is 10.8. The summed E-state index contributed by atoms with van der Waals surface area (Å²) in [6.07, 6.45) is 2.56. The molecule has 0 fully saturated rings. The van der Waals surface area contributed by atoms with Crippen LogP contribution in [-0.2, 0) is 11.2 Å². The number of methoxy groups -OCH3 is 1. The van der Waals surface area contributed by atoms with E-state index in [0.29, 0.717) is 28.1 Å². The van der Waals surface area contributed by atoms with Crippen molar-refractivity contribution in [3.8, 4) is 5.75 Å². The first kappa shape index (κ1) is 20.4. The van der Waals surface area contributed by atoms with Crippen LogP contribution in [0.3, 0.4) is 0 Å². The molecular weight excluding hydrogens is 390 g/mol. The van der Waals surface area contributed by atoms with Gasteiger partial charge < -0.3 is 13.9 Å². The van der Waals surface area contributed by atoms with Crippen molar-refractivity contribution >= 4 is 17.3 Å². The van der Waals surface area contributed by atoms with Crippen molar-refractivity contribution in [2.45, 2.75) is 13.3 Å². The van der Waals surface area contributed by atoms with Gasteiger partial charge in [0.15, 0.2) is 0 Å². The van der Waals surface area contributed by atoms with Gasteiger partial charge in [-0.05, 0) is 54.8 Å². The summed E-state index contributed by atoms with van der Waals surface area (Å²) in [5, 5.41) is 0. The summed E-state index contributed by atoms with van der Waals surface area (Å²) in [6, 6.07) is 22.6. The van der Waals surface area contributed by atoms with Crippen LogP contribution in [0.1, 0.15) is 44.5 Å². The highest BCUT2D eigenvalue weighted by Gasteiger charge is 2.22. The fraction of sp³-hybridized carbons (Fsp3) is 0.154. The van der Waals surface area contributed by atoms with E-state index in [9.17, 15) is 9.59 Å². The molecule has 0 aliphatic rings. The van der Waals surface area contributed by atoms with Crippen LogP contribution in [0.15, 0.2) is 79.0 Å². The number of rotatable bonds is 7. The molecule has 2 aromatic carbocycles. The first-order chi connectivity index (χ1) is 15.1. The van der Waals surface area contributed by atoms with Crippen LogP contribution >= 0.6 is 0 Å². The molecule has 2 aromatic heterocycles. The summed E-state index contributed by atoms with van der Waals surface area (Å²) in [4.78, 5) is 25.9. The number of nitrogens with zero attached hydrogens (tertiary/aromatic N) is 1. The van der Waals surface area contributed by atoms with Gasteiger partial charge in [0, 0.05) is 11.8 Å². The standard InChI is InChI=1S/C26H23NO4/c1-3-31-26(29)22-17-24(25(28)20-10-7-11-21(16-20)30-2)27-13-12-19(15-23(22)27)14-18-8-5-4-6-9-18/h4-13,15-17H,3,14H2,1-2H3. The second kappa shape index (κ2) is 8.88. The molecular formula is C26H23NO4. The predicted molar refractivity (Wildman–Crippen MR) is 119 cm³/mol. The van der Waals surface area contributed by atoms with Crippen LogP contribution in [0.2, 0.25) is 0 Å². The maximum absolute atomic E-state index is 13.3. The molecule has 0 saturated carbocycles. The third-order valence-electron chi connectivity index (χ3n) is 5.15. The van der Waals surface area contributed by atoms with Gasteiger partial charge in [-0.3, -0.25) is 4.79 Å². The van der Waals surface area contributed by atoms with E-state index in [1.54, 1.807) is 48.8 Å². The Kier molecular flexibility index (Phi) is 5.85. The lowest BCUT2D eigenvalue weighted by molar-refractivity contribution is 0.0529. The number of carbonyl (C=O) groups is 2. The molecule has 0 spiro atoms. The minimum atomic E-state index is -0.443. The number of hydrogen-bond donors (Lipinski definition) is 0. The maximum atomic E-state index is 13.3. The zero-order chi connectivity index (χ0) is 21.8.